The van der Waals surface area contributed by atoms with Crippen LogP contribution in [-0.4, -0.2) is 13.1 Å². The van der Waals surface area contributed by atoms with Gasteiger partial charge in [0.1, 0.15) is 22.5 Å². The van der Waals surface area contributed by atoms with Gasteiger partial charge in [-0.25, -0.2) is 4.79 Å². The Morgan fingerprint density at radius 1 is 0.800 bits per heavy atom. The highest BCUT2D eigenvalue weighted by Crippen LogP contribution is 2.29. The first-order valence-corrected chi connectivity index (χ1v) is 8.60. The molecule has 0 saturated carbocycles. The number of hydrogen-bond acceptors (Lipinski definition) is 4. The summed E-state index contributed by atoms with van der Waals surface area (Å²) >= 11 is 0. The van der Waals surface area contributed by atoms with E-state index < -0.39 is 0 Å². The van der Waals surface area contributed by atoms with Crippen molar-refractivity contribution in [2.24, 2.45) is 0 Å². The predicted octanol–water partition coefficient (Wildman–Crippen LogP) is 4.81. The van der Waals surface area contributed by atoms with Crippen molar-refractivity contribution in [1.29, 1.82) is 0 Å². The second-order valence-corrected chi connectivity index (χ2v) is 6.51. The largest absolute Gasteiger partial charge is 0.456 e. The minimum Gasteiger partial charge on any atom is -0.456 e. The van der Waals surface area contributed by atoms with E-state index in [0.29, 0.717) is 16.9 Å². The fraction of sp³-hybridized carbons (Fsp3) is 0.190. The lowest BCUT2D eigenvalue weighted by molar-refractivity contribution is 0.555. The molecule has 0 amide bonds. The van der Waals surface area contributed by atoms with E-state index in [1.165, 1.54) is 12.8 Å². The number of para-hydroxylation sites is 1. The Bertz CT molecular complexity index is 1100. The minimum absolute atomic E-state index is 0.370. The van der Waals surface area contributed by atoms with Crippen molar-refractivity contribution in [2.45, 2.75) is 12.8 Å². The van der Waals surface area contributed by atoms with Gasteiger partial charge in [0.2, 0.25) is 0 Å². The van der Waals surface area contributed by atoms with Crippen molar-refractivity contribution >= 4 is 27.6 Å². The van der Waals surface area contributed by atoms with Crippen LogP contribution in [0.15, 0.2) is 68.2 Å². The van der Waals surface area contributed by atoms with E-state index >= 15 is 0 Å². The molecule has 0 radical (unpaired) electrons. The summed E-state index contributed by atoms with van der Waals surface area (Å²) in [6.07, 6.45) is 2.43. The van der Waals surface area contributed by atoms with Gasteiger partial charge in [0, 0.05) is 35.6 Å². The van der Waals surface area contributed by atoms with Crippen molar-refractivity contribution in [2.75, 3.05) is 18.0 Å². The molecule has 0 aliphatic carbocycles. The van der Waals surface area contributed by atoms with E-state index in [-0.39, 0.29) is 5.63 Å². The minimum atomic E-state index is -0.370. The number of benzene rings is 2. The van der Waals surface area contributed by atoms with Gasteiger partial charge in [-0.1, -0.05) is 18.2 Å². The third-order valence-corrected chi connectivity index (χ3v) is 4.88. The average Bonchev–Trinajstić information content (AvgIpc) is 3.30. The Morgan fingerprint density at radius 3 is 2.44 bits per heavy atom. The van der Waals surface area contributed by atoms with Gasteiger partial charge in [-0.15, -0.1) is 0 Å². The Kier molecular flexibility index (Phi) is 3.17. The molecule has 1 aliphatic rings. The van der Waals surface area contributed by atoms with Crippen molar-refractivity contribution in [1.82, 2.24) is 0 Å². The summed E-state index contributed by atoms with van der Waals surface area (Å²) in [6.45, 7) is 2.12. The summed E-state index contributed by atoms with van der Waals surface area (Å²) in [5.74, 6) is 0.542. The van der Waals surface area contributed by atoms with Gasteiger partial charge in [0.15, 0.2) is 0 Å². The number of nitrogens with zero attached hydrogens (tertiary/aromatic N) is 1. The molecule has 0 N–H and O–H groups in total. The molecule has 0 atom stereocenters. The molecular weight excluding hydrogens is 314 g/mol. The normalized spacial score (nSPS) is 14.6. The maximum Gasteiger partial charge on any atom is 0.347 e. The SMILES string of the molecule is O=c1oc2cc(N3CCCC3)ccc2cc1-c1cc2ccccc2o1. The van der Waals surface area contributed by atoms with Crippen LogP contribution in [0, 0.1) is 0 Å². The molecule has 1 saturated heterocycles. The third kappa shape index (κ3) is 2.41. The standard InChI is InChI=1S/C21H17NO3/c23-21-17(20-12-14-5-1-2-6-18(14)24-20)11-15-7-8-16(13-19(15)25-21)22-9-3-4-10-22/h1-2,5-8,11-13H,3-4,9-10H2. The molecule has 5 rings (SSSR count). The molecule has 0 bridgehead atoms. The van der Waals surface area contributed by atoms with Crippen LogP contribution in [0.1, 0.15) is 12.8 Å². The molecule has 1 fully saturated rings. The topological polar surface area (TPSA) is 46.6 Å². The zero-order valence-electron chi connectivity index (χ0n) is 13.7. The smallest absolute Gasteiger partial charge is 0.347 e. The highest BCUT2D eigenvalue weighted by atomic mass is 16.4. The first kappa shape index (κ1) is 14.3. The molecule has 4 nitrogen and oxygen atoms in total. The van der Waals surface area contributed by atoms with Gasteiger partial charge in [-0.05, 0) is 43.2 Å². The van der Waals surface area contributed by atoms with Crippen molar-refractivity contribution < 1.29 is 8.83 Å². The Balaban J connectivity index is 1.63. The molecule has 4 heteroatoms. The molecule has 4 aromatic rings. The zero-order chi connectivity index (χ0) is 16.8. The number of furan rings is 1. The molecule has 124 valence electrons. The van der Waals surface area contributed by atoms with E-state index in [9.17, 15) is 4.79 Å². The van der Waals surface area contributed by atoms with Gasteiger partial charge in [-0.2, -0.15) is 0 Å². The van der Waals surface area contributed by atoms with Gasteiger partial charge < -0.3 is 13.7 Å². The quantitative estimate of drug-likeness (QED) is 0.495. The Labute approximate surface area is 144 Å². The van der Waals surface area contributed by atoms with Crippen LogP contribution >= 0.6 is 0 Å². The summed E-state index contributed by atoms with van der Waals surface area (Å²) in [6, 6.07) is 17.5. The fourth-order valence-electron chi connectivity index (χ4n) is 3.56. The van der Waals surface area contributed by atoms with Gasteiger partial charge in [0.25, 0.3) is 0 Å². The summed E-state index contributed by atoms with van der Waals surface area (Å²) in [4.78, 5) is 14.8. The lowest BCUT2D eigenvalue weighted by Gasteiger charge is -2.17. The zero-order valence-corrected chi connectivity index (χ0v) is 13.7. The highest BCUT2D eigenvalue weighted by molar-refractivity contribution is 5.87. The fourth-order valence-corrected chi connectivity index (χ4v) is 3.56. The van der Waals surface area contributed by atoms with Crippen LogP contribution in [0.25, 0.3) is 33.3 Å². The average molecular weight is 331 g/mol. The summed E-state index contributed by atoms with van der Waals surface area (Å²) in [5, 5.41) is 1.87. The van der Waals surface area contributed by atoms with Gasteiger partial charge >= 0.3 is 5.63 Å². The molecule has 2 aromatic carbocycles. The predicted molar refractivity (Wildman–Crippen MR) is 99.1 cm³/mol. The third-order valence-electron chi connectivity index (χ3n) is 4.88. The number of anilines is 1. The van der Waals surface area contributed by atoms with Gasteiger partial charge in [-0.3, -0.25) is 0 Å². The summed E-state index contributed by atoms with van der Waals surface area (Å²) in [5.41, 5.74) is 2.59. The summed E-state index contributed by atoms with van der Waals surface area (Å²) in [7, 11) is 0. The van der Waals surface area contributed by atoms with E-state index in [4.69, 9.17) is 8.83 Å². The maximum atomic E-state index is 12.5. The second-order valence-electron chi connectivity index (χ2n) is 6.51. The number of rotatable bonds is 2. The van der Waals surface area contributed by atoms with Crippen LogP contribution in [0.3, 0.4) is 0 Å². The molecule has 0 spiro atoms. The van der Waals surface area contributed by atoms with Gasteiger partial charge in [0.05, 0.1) is 0 Å². The van der Waals surface area contributed by atoms with Crippen LogP contribution < -0.4 is 10.5 Å². The van der Waals surface area contributed by atoms with Crippen LogP contribution in [0.5, 0.6) is 0 Å². The lowest BCUT2D eigenvalue weighted by Crippen LogP contribution is -2.17. The second kappa shape index (κ2) is 5.52. The monoisotopic (exact) mass is 331 g/mol. The number of hydrogen-bond donors (Lipinski definition) is 0. The molecule has 0 unspecified atom stereocenters. The van der Waals surface area contributed by atoms with Crippen molar-refractivity contribution in [3.63, 3.8) is 0 Å². The molecule has 1 aliphatic heterocycles. The lowest BCUT2D eigenvalue weighted by atomic mass is 10.1. The maximum absolute atomic E-state index is 12.5. The Morgan fingerprint density at radius 2 is 1.60 bits per heavy atom. The van der Waals surface area contributed by atoms with E-state index in [1.54, 1.807) is 0 Å². The summed E-state index contributed by atoms with van der Waals surface area (Å²) < 4.78 is 11.4. The van der Waals surface area contributed by atoms with E-state index in [1.807, 2.05) is 48.5 Å². The van der Waals surface area contributed by atoms with Crippen LogP contribution in [-0.2, 0) is 0 Å². The number of fused-ring (bicyclic) bond motifs is 2. The first-order chi connectivity index (χ1) is 12.3. The van der Waals surface area contributed by atoms with E-state index in [2.05, 4.69) is 11.0 Å². The molecule has 2 aromatic heterocycles. The van der Waals surface area contributed by atoms with Crippen molar-refractivity contribution in [3.05, 3.63) is 65.0 Å². The van der Waals surface area contributed by atoms with Crippen LogP contribution in [0.4, 0.5) is 5.69 Å². The molecule has 3 heterocycles. The molecular formula is C21H17NO3. The van der Waals surface area contributed by atoms with E-state index in [0.717, 1.165) is 35.1 Å². The first-order valence-electron chi connectivity index (χ1n) is 8.60. The highest BCUT2D eigenvalue weighted by Gasteiger charge is 2.16. The van der Waals surface area contributed by atoms with Crippen molar-refractivity contribution in [3.8, 4) is 11.3 Å². The molecule has 25 heavy (non-hydrogen) atoms. The van der Waals surface area contributed by atoms with Crippen LogP contribution in [0.2, 0.25) is 0 Å². The Hall–Kier alpha value is -3.01.